The average molecular weight is 547 g/mol. The highest BCUT2D eigenvalue weighted by Gasteiger charge is 2.19. The number of ether oxygens (including phenoxy) is 2. The summed E-state index contributed by atoms with van der Waals surface area (Å²) in [5.41, 5.74) is 0. The molecule has 0 aliphatic rings. The second-order valence-corrected chi connectivity index (χ2v) is 13.2. The Kier molecular flexibility index (Phi) is 5.08. The van der Waals surface area contributed by atoms with Crippen molar-refractivity contribution in [1.82, 2.24) is 0 Å². The molecule has 36 heavy (non-hydrogen) atoms. The van der Waals surface area contributed by atoms with Crippen LogP contribution in [0.2, 0.25) is 0 Å². The lowest BCUT2D eigenvalue weighted by atomic mass is 10.0. The maximum atomic E-state index is 11.4. The van der Waals surface area contributed by atoms with Crippen molar-refractivity contribution >= 4 is 118 Å². The van der Waals surface area contributed by atoms with Crippen LogP contribution in [0.1, 0.15) is 23.6 Å². The van der Waals surface area contributed by atoms with Crippen LogP contribution in [0.5, 0.6) is 0 Å². The average Bonchev–Trinajstić information content (AvgIpc) is 3.60. The number of rotatable bonds is 4. The highest BCUT2D eigenvalue weighted by Crippen LogP contribution is 2.49. The van der Waals surface area contributed by atoms with Crippen LogP contribution in [0.15, 0.2) is 48.5 Å². The Hall–Kier alpha value is -3.04. The summed E-state index contributed by atoms with van der Waals surface area (Å²) in [4.78, 5) is 24.8. The molecule has 0 amide bonds. The van der Waals surface area contributed by atoms with E-state index in [4.69, 9.17) is 9.47 Å². The minimum Gasteiger partial charge on any atom is -0.460 e. The number of thiophene rings is 4. The van der Waals surface area contributed by atoms with E-state index in [9.17, 15) is 9.59 Å². The van der Waals surface area contributed by atoms with E-state index in [-0.39, 0.29) is 11.9 Å². The molecule has 178 valence electrons. The van der Waals surface area contributed by atoms with E-state index in [0.717, 1.165) is 9.75 Å². The molecule has 3 aromatic carbocycles. The normalized spacial score (nSPS) is 12.1. The smallest absolute Gasteiger partial charge is 0.302 e. The zero-order chi connectivity index (χ0) is 24.6. The molecular formula is C28H18O4S4. The van der Waals surface area contributed by atoms with E-state index < -0.39 is 0 Å². The lowest BCUT2D eigenvalue weighted by Crippen LogP contribution is -1.96. The van der Waals surface area contributed by atoms with E-state index in [1.807, 2.05) is 22.7 Å². The number of benzene rings is 3. The summed E-state index contributed by atoms with van der Waals surface area (Å²) in [7, 11) is 0. The van der Waals surface area contributed by atoms with Gasteiger partial charge in [0.15, 0.2) is 0 Å². The molecule has 0 radical (unpaired) electrons. The first-order chi connectivity index (χ1) is 17.5. The van der Waals surface area contributed by atoms with Gasteiger partial charge < -0.3 is 9.47 Å². The molecule has 0 fully saturated rings. The fourth-order valence-electron chi connectivity index (χ4n) is 4.93. The summed E-state index contributed by atoms with van der Waals surface area (Å²) in [6.45, 7) is 3.49. The minimum absolute atomic E-state index is 0.266. The first kappa shape index (κ1) is 22.2. The van der Waals surface area contributed by atoms with Gasteiger partial charge in [0.2, 0.25) is 0 Å². The van der Waals surface area contributed by atoms with Gasteiger partial charge in [0.25, 0.3) is 0 Å². The molecule has 0 spiro atoms. The third kappa shape index (κ3) is 3.43. The van der Waals surface area contributed by atoms with Crippen LogP contribution in [-0.4, -0.2) is 11.9 Å². The largest absolute Gasteiger partial charge is 0.460 e. The molecule has 4 nitrogen and oxygen atoms in total. The number of hydrogen-bond donors (Lipinski definition) is 0. The van der Waals surface area contributed by atoms with Crippen molar-refractivity contribution in [2.24, 2.45) is 0 Å². The molecule has 7 aromatic rings. The van der Waals surface area contributed by atoms with Crippen molar-refractivity contribution in [2.75, 3.05) is 0 Å². The van der Waals surface area contributed by atoms with Gasteiger partial charge in [0.1, 0.15) is 13.2 Å². The number of hydrogen-bond acceptors (Lipinski definition) is 8. The van der Waals surface area contributed by atoms with Gasteiger partial charge in [-0.05, 0) is 48.5 Å². The number of carbonyl (C=O) groups is 2. The molecule has 0 bridgehead atoms. The Morgan fingerprint density at radius 1 is 0.556 bits per heavy atom. The first-order valence-electron chi connectivity index (χ1n) is 11.4. The molecule has 0 atom stereocenters. The molecule has 0 unspecified atom stereocenters. The van der Waals surface area contributed by atoms with Gasteiger partial charge in [-0.1, -0.05) is 0 Å². The van der Waals surface area contributed by atoms with Gasteiger partial charge in [0.05, 0.1) is 0 Å². The van der Waals surface area contributed by atoms with E-state index in [0.29, 0.717) is 13.2 Å². The van der Waals surface area contributed by atoms with Crippen LogP contribution < -0.4 is 0 Å². The summed E-state index contributed by atoms with van der Waals surface area (Å²) < 4.78 is 18.0. The van der Waals surface area contributed by atoms with Crippen LogP contribution in [0, 0.1) is 0 Å². The molecule has 0 saturated heterocycles. The Labute approximate surface area is 221 Å². The molecule has 4 aromatic heterocycles. The number of carbonyl (C=O) groups excluding carboxylic acids is 2. The van der Waals surface area contributed by atoms with Crippen LogP contribution in [0.3, 0.4) is 0 Å². The van der Waals surface area contributed by atoms with Gasteiger partial charge in [-0.25, -0.2) is 0 Å². The van der Waals surface area contributed by atoms with Crippen molar-refractivity contribution in [3.8, 4) is 0 Å². The second kappa shape index (κ2) is 8.24. The van der Waals surface area contributed by atoms with Crippen LogP contribution in [-0.2, 0) is 32.3 Å². The molecule has 0 N–H and O–H groups in total. The third-order valence-corrected chi connectivity index (χ3v) is 10.7. The van der Waals surface area contributed by atoms with Crippen LogP contribution in [0.25, 0.3) is 60.5 Å². The maximum Gasteiger partial charge on any atom is 0.302 e. The lowest BCUT2D eigenvalue weighted by molar-refractivity contribution is -0.143. The van der Waals surface area contributed by atoms with Gasteiger partial charge in [-0.2, -0.15) is 0 Å². The van der Waals surface area contributed by atoms with Crippen molar-refractivity contribution in [2.45, 2.75) is 27.1 Å². The van der Waals surface area contributed by atoms with E-state index >= 15 is 0 Å². The van der Waals surface area contributed by atoms with E-state index in [1.54, 1.807) is 22.7 Å². The van der Waals surface area contributed by atoms with E-state index in [2.05, 4.69) is 48.5 Å². The Morgan fingerprint density at radius 3 is 1.31 bits per heavy atom. The highest BCUT2D eigenvalue weighted by atomic mass is 32.1. The van der Waals surface area contributed by atoms with E-state index in [1.165, 1.54) is 74.4 Å². The molecule has 7 rings (SSSR count). The van der Waals surface area contributed by atoms with Gasteiger partial charge in [0, 0.05) is 84.1 Å². The Balaban J connectivity index is 1.55. The molecule has 0 aliphatic heterocycles. The summed E-state index contributed by atoms with van der Waals surface area (Å²) in [5.74, 6) is -0.532. The second-order valence-electron chi connectivity index (χ2n) is 8.70. The zero-order valence-electron chi connectivity index (χ0n) is 19.3. The summed E-state index contributed by atoms with van der Waals surface area (Å²) in [6, 6.07) is 17.6. The summed E-state index contributed by atoms with van der Waals surface area (Å²) in [5, 5.41) is 7.56. The van der Waals surface area contributed by atoms with Crippen molar-refractivity contribution in [3.63, 3.8) is 0 Å². The Bertz CT molecular complexity index is 1870. The fourth-order valence-corrected chi connectivity index (χ4v) is 9.16. The lowest BCUT2D eigenvalue weighted by Gasteiger charge is -2.00. The van der Waals surface area contributed by atoms with Crippen LogP contribution >= 0.6 is 45.3 Å². The quantitative estimate of drug-likeness (QED) is 0.207. The Morgan fingerprint density at radius 2 is 0.917 bits per heavy atom. The molecule has 0 aliphatic carbocycles. The van der Waals surface area contributed by atoms with Crippen molar-refractivity contribution in [3.05, 3.63) is 58.3 Å². The highest BCUT2D eigenvalue weighted by molar-refractivity contribution is 7.28. The molecular weight excluding hydrogens is 529 g/mol. The van der Waals surface area contributed by atoms with Crippen molar-refractivity contribution in [1.29, 1.82) is 0 Å². The topological polar surface area (TPSA) is 52.6 Å². The van der Waals surface area contributed by atoms with Gasteiger partial charge in [-0.3, -0.25) is 9.59 Å². The molecule has 8 heteroatoms. The fraction of sp³-hybridized carbons (Fsp3) is 0.143. The standard InChI is InChI=1S/C28H18O4S4/c1-13(29)31-11-15-9-17-19(33-15)3-5-21-25(17)27-23(35-21)7-8-24-28(27)26-18-10-16(12-32-14(2)30)34-20(18)4-6-22(26)36-24/h3-10H,11-12H2,1-2H3. The number of fused-ring (bicyclic) bond motifs is 11. The van der Waals surface area contributed by atoms with Gasteiger partial charge >= 0.3 is 11.9 Å². The zero-order valence-corrected chi connectivity index (χ0v) is 22.6. The molecule has 4 heterocycles. The SMILES string of the molecule is CC(=O)OCc1cc2c(ccc3sc4ccc5sc6ccc7sc(COC(C)=O)cc7c6c5c4c32)s1. The predicted octanol–water partition coefficient (Wildman–Crippen LogP) is 8.98. The molecule has 0 saturated carbocycles. The third-order valence-electron chi connectivity index (χ3n) is 6.33. The minimum atomic E-state index is -0.266. The van der Waals surface area contributed by atoms with Gasteiger partial charge in [-0.15, -0.1) is 45.3 Å². The van der Waals surface area contributed by atoms with Crippen LogP contribution in [0.4, 0.5) is 0 Å². The van der Waals surface area contributed by atoms with Crippen molar-refractivity contribution < 1.29 is 19.1 Å². The summed E-state index contributed by atoms with van der Waals surface area (Å²) in [6.07, 6.45) is 0. The number of esters is 2. The summed E-state index contributed by atoms with van der Waals surface area (Å²) >= 11 is 7.01. The predicted molar refractivity (Wildman–Crippen MR) is 154 cm³/mol. The first-order valence-corrected chi connectivity index (χ1v) is 14.6. The monoisotopic (exact) mass is 546 g/mol. The maximum absolute atomic E-state index is 11.4.